The van der Waals surface area contributed by atoms with Gasteiger partial charge in [-0.15, -0.1) is 0 Å². The van der Waals surface area contributed by atoms with Crippen LogP contribution >= 0.6 is 0 Å². The minimum absolute atomic E-state index is 0.506. The Kier molecular flexibility index (Phi) is 4.91. The molecule has 1 aliphatic heterocycles. The fourth-order valence-corrected chi connectivity index (χ4v) is 2.70. The maximum atomic E-state index is 5.60. The molecule has 0 unspecified atom stereocenters. The summed E-state index contributed by atoms with van der Waals surface area (Å²) >= 11 is 0. The van der Waals surface area contributed by atoms with E-state index in [2.05, 4.69) is 20.6 Å². The monoisotopic (exact) mass is 364 g/mol. The Morgan fingerprint density at radius 1 is 1.00 bits per heavy atom. The van der Waals surface area contributed by atoms with E-state index in [-0.39, 0.29) is 0 Å². The van der Waals surface area contributed by atoms with E-state index in [0.29, 0.717) is 25.7 Å². The predicted octanol–water partition coefficient (Wildman–Crippen LogP) is 3.61. The molecular weight excluding hydrogens is 344 g/mol. The maximum absolute atomic E-state index is 5.60. The Hall–Kier alpha value is -3.48. The molecular formula is C20H20N4O3. The van der Waals surface area contributed by atoms with Crippen molar-refractivity contribution in [1.82, 2.24) is 9.97 Å². The van der Waals surface area contributed by atoms with Crippen LogP contribution in [0.3, 0.4) is 0 Å². The molecule has 0 saturated heterocycles. The minimum Gasteiger partial charge on any atom is -0.497 e. The van der Waals surface area contributed by atoms with Crippen molar-refractivity contribution in [1.29, 1.82) is 0 Å². The number of anilines is 3. The van der Waals surface area contributed by atoms with E-state index >= 15 is 0 Å². The van der Waals surface area contributed by atoms with Crippen LogP contribution in [0.15, 0.2) is 54.7 Å². The van der Waals surface area contributed by atoms with Crippen LogP contribution in [-0.4, -0.2) is 30.3 Å². The molecule has 0 spiro atoms. The number of rotatable bonds is 6. The zero-order chi connectivity index (χ0) is 18.5. The molecule has 7 heteroatoms. The molecule has 2 N–H and O–H groups in total. The number of nitrogens with zero attached hydrogens (tertiary/aromatic N) is 2. The van der Waals surface area contributed by atoms with Crippen LogP contribution in [0.1, 0.15) is 5.56 Å². The van der Waals surface area contributed by atoms with E-state index in [4.69, 9.17) is 14.2 Å². The van der Waals surface area contributed by atoms with Gasteiger partial charge in [0.25, 0.3) is 0 Å². The van der Waals surface area contributed by atoms with Gasteiger partial charge in [0.05, 0.1) is 7.11 Å². The number of benzene rings is 2. The lowest BCUT2D eigenvalue weighted by atomic mass is 10.2. The summed E-state index contributed by atoms with van der Waals surface area (Å²) < 4.78 is 16.3. The normalized spacial score (nSPS) is 12.3. The molecule has 2 heterocycles. The summed E-state index contributed by atoms with van der Waals surface area (Å²) in [4.78, 5) is 8.77. The van der Waals surface area contributed by atoms with Gasteiger partial charge in [-0.2, -0.15) is 4.98 Å². The summed E-state index contributed by atoms with van der Waals surface area (Å²) in [5.41, 5.74) is 1.97. The lowest BCUT2D eigenvalue weighted by Gasteiger charge is -2.19. The predicted molar refractivity (Wildman–Crippen MR) is 103 cm³/mol. The van der Waals surface area contributed by atoms with Crippen LogP contribution in [0.2, 0.25) is 0 Å². The molecule has 138 valence electrons. The number of nitrogens with one attached hydrogen (secondary N) is 2. The van der Waals surface area contributed by atoms with Crippen molar-refractivity contribution in [3.63, 3.8) is 0 Å². The van der Waals surface area contributed by atoms with Crippen molar-refractivity contribution in [3.05, 3.63) is 60.3 Å². The van der Waals surface area contributed by atoms with Crippen molar-refractivity contribution in [3.8, 4) is 17.2 Å². The second-order valence-electron chi connectivity index (χ2n) is 5.95. The summed E-state index contributed by atoms with van der Waals surface area (Å²) in [6, 6.07) is 15.4. The third kappa shape index (κ3) is 4.20. The average molecular weight is 364 g/mol. The Morgan fingerprint density at radius 3 is 2.63 bits per heavy atom. The third-order valence-electron chi connectivity index (χ3n) is 4.09. The quantitative estimate of drug-likeness (QED) is 0.692. The SMILES string of the molecule is COc1ccc(CNc2ccnc(Nc3ccc4c(c3)OCCO4)n2)cc1. The topological polar surface area (TPSA) is 77.5 Å². The largest absolute Gasteiger partial charge is 0.497 e. The van der Waals surface area contributed by atoms with E-state index in [1.165, 1.54) is 0 Å². The van der Waals surface area contributed by atoms with Gasteiger partial charge in [0.2, 0.25) is 5.95 Å². The first-order chi connectivity index (χ1) is 13.3. The van der Waals surface area contributed by atoms with E-state index in [9.17, 15) is 0 Å². The van der Waals surface area contributed by atoms with Crippen LogP contribution in [0, 0.1) is 0 Å². The van der Waals surface area contributed by atoms with Gasteiger partial charge in [-0.25, -0.2) is 4.98 Å². The average Bonchev–Trinajstić information content (AvgIpc) is 2.73. The van der Waals surface area contributed by atoms with Crippen LogP contribution in [-0.2, 0) is 6.54 Å². The van der Waals surface area contributed by atoms with E-state index < -0.39 is 0 Å². The fraction of sp³-hybridized carbons (Fsp3) is 0.200. The van der Waals surface area contributed by atoms with Gasteiger partial charge >= 0.3 is 0 Å². The van der Waals surface area contributed by atoms with Gasteiger partial charge in [0.15, 0.2) is 11.5 Å². The number of ether oxygens (including phenoxy) is 3. The highest BCUT2D eigenvalue weighted by molar-refractivity contribution is 5.60. The molecule has 0 bridgehead atoms. The third-order valence-corrected chi connectivity index (χ3v) is 4.09. The first-order valence-electron chi connectivity index (χ1n) is 8.67. The van der Waals surface area contributed by atoms with Crippen molar-refractivity contribution >= 4 is 17.5 Å². The highest BCUT2D eigenvalue weighted by Gasteiger charge is 2.12. The summed E-state index contributed by atoms with van der Waals surface area (Å²) in [5.74, 6) is 3.56. The zero-order valence-corrected chi connectivity index (χ0v) is 14.9. The molecule has 7 nitrogen and oxygen atoms in total. The number of aromatic nitrogens is 2. The van der Waals surface area contributed by atoms with Crippen molar-refractivity contribution < 1.29 is 14.2 Å². The first kappa shape index (κ1) is 17.0. The highest BCUT2D eigenvalue weighted by Crippen LogP contribution is 2.33. The van der Waals surface area contributed by atoms with E-state index in [1.54, 1.807) is 13.3 Å². The maximum Gasteiger partial charge on any atom is 0.229 e. The molecule has 1 aliphatic rings. The van der Waals surface area contributed by atoms with Gasteiger partial charge in [0.1, 0.15) is 24.8 Å². The second-order valence-corrected chi connectivity index (χ2v) is 5.95. The Bertz CT molecular complexity index is 915. The van der Waals surface area contributed by atoms with Crippen molar-refractivity contribution in [2.45, 2.75) is 6.54 Å². The highest BCUT2D eigenvalue weighted by atomic mass is 16.6. The van der Waals surface area contributed by atoms with Crippen LogP contribution in [0.25, 0.3) is 0 Å². The van der Waals surface area contributed by atoms with E-state index in [0.717, 1.165) is 34.3 Å². The molecule has 0 amide bonds. The Balaban J connectivity index is 1.41. The second kappa shape index (κ2) is 7.82. The summed E-state index contributed by atoms with van der Waals surface area (Å²) in [7, 11) is 1.66. The lowest BCUT2D eigenvalue weighted by molar-refractivity contribution is 0.171. The zero-order valence-electron chi connectivity index (χ0n) is 14.9. The molecule has 0 atom stereocenters. The summed E-state index contributed by atoms with van der Waals surface area (Å²) in [6.45, 7) is 1.78. The molecule has 1 aromatic heterocycles. The van der Waals surface area contributed by atoms with Gasteiger partial charge < -0.3 is 24.8 Å². The lowest BCUT2D eigenvalue weighted by Crippen LogP contribution is -2.15. The molecule has 2 aromatic carbocycles. The van der Waals surface area contributed by atoms with Gasteiger partial charge in [-0.3, -0.25) is 0 Å². The molecule has 0 radical (unpaired) electrons. The van der Waals surface area contributed by atoms with Crippen molar-refractivity contribution in [2.75, 3.05) is 31.0 Å². The van der Waals surface area contributed by atoms with Crippen LogP contribution in [0.4, 0.5) is 17.5 Å². The van der Waals surface area contributed by atoms with Crippen LogP contribution < -0.4 is 24.8 Å². The molecule has 3 aromatic rings. The number of methoxy groups -OCH3 is 1. The summed E-state index contributed by atoms with van der Waals surface area (Å²) in [6.07, 6.45) is 1.71. The number of hydrogen-bond acceptors (Lipinski definition) is 7. The molecule has 0 saturated carbocycles. The molecule has 4 rings (SSSR count). The number of fused-ring (bicyclic) bond motifs is 1. The number of hydrogen-bond donors (Lipinski definition) is 2. The Morgan fingerprint density at radius 2 is 1.81 bits per heavy atom. The summed E-state index contributed by atoms with van der Waals surface area (Å²) in [5, 5.41) is 6.49. The molecule has 0 aliphatic carbocycles. The van der Waals surface area contributed by atoms with Crippen molar-refractivity contribution in [2.24, 2.45) is 0 Å². The standard InChI is InChI=1S/C20H20N4O3/c1-25-16-5-2-14(3-6-16)13-22-19-8-9-21-20(24-19)23-15-4-7-17-18(12-15)27-11-10-26-17/h2-9,12H,10-11,13H2,1H3,(H2,21,22,23,24). The van der Waals surface area contributed by atoms with Crippen LogP contribution in [0.5, 0.6) is 17.2 Å². The Labute approximate surface area is 157 Å². The van der Waals surface area contributed by atoms with Gasteiger partial charge in [-0.05, 0) is 35.9 Å². The molecule has 27 heavy (non-hydrogen) atoms. The molecule has 0 fully saturated rings. The van der Waals surface area contributed by atoms with Gasteiger partial charge in [-0.1, -0.05) is 12.1 Å². The first-order valence-corrected chi connectivity index (χ1v) is 8.67. The van der Waals surface area contributed by atoms with E-state index in [1.807, 2.05) is 48.5 Å². The smallest absolute Gasteiger partial charge is 0.229 e. The van der Waals surface area contributed by atoms with Gasteiger partial charge in [0, 0.05) is 24.5 Å². The minimum atomic E-state index is 0.506. The fourth-order valence-electron chi connectivity index (χ4n) is 2.70.